The molecule has 2 aromatic heterocycles. The lowest BCUT2D eigenvalue weighted by molar-refractivity contribution is 0.395. The molecule has 0 saturated carbocycles. The smallest absolute Gasteiger partial charge is 0.225 e. The molecule has 3 rings (SSSR count). The lowest BCUT2D eigenvalue weighted by atomic mass is 10.1. The Labute approximate surface area is 119 Å². The second kappa shape index (κ2) is 4.97. The molecule has 1 aromatic carbocycles. The molecule has 0 bridgehead atoms. The summed E-state index contributed by atoms with van der Waals surface area (Å²) < 4.78 is 10.6. The van der Waals surface area contributed by atoms with Crippen LogP contribution in [-0.4, -0.2) is 34.2 Å². The van der Waals surface area contributed by atoms with E-state index in [0.717, 1.165) is 5.56 Å². The Hall–Kier alpha value is -2.34. The van der Waals surface area contributed by atoms with E-state index in [1.165, 1.54) is 0 Å². The Balaban J connectivity index is 2.27. The van der Waals surface area contributed by atoms with Gasteiger partial charge in [-0.1, -0.05) is 0 Å². The predicted molar refractivity (Wildman–Crippen MR) is 75.2 cm³/mol. The Morgan fingerprint density at radius 2 is 2.00 bits per heavy atom. The molecule has 3 aromatic rings. The van der Waals surface area contributed by atoms with E-state index in [2.05, 4.69) is 19.9 Å². The van der Waals surface area contributed by atoms with Crippen molar-refractivity contribution in [2.24, 2.45) is 0 Å². The molecule has 102 valence electrons. The van der Waals surface area contributed by atoms with Crippen molar-refractivity contribution in [3.63, 3.8) is 0 Å². The summed E-state index contributed by atoms with van der Waals surface area (Å²) in [4.78, 5) is 15.4. The van der Waals surface area contributed by atoms with Crippen molar-refractivity contribution < 1.29 is 9.47 Å². The molecule has 0 aliphatic carbocycles. The van der Waals surface area contributed by atoms with Gasteiger partial charge >= 0.3 is 0 Å². The van der Waals surface area contributed by atoms with Crippen LogP contribution < -0.4 is 9.47 Å². The first-order chi connectivity index (χ1) is 9.72. The first kappa shape index (κ1) is 12.7. The van der Waals surface area contributed by atoms with Crippen LogP contribution in [0.4, 0.5) is 0 Å². The number of hydrogen-bond acceptors (Lipinski definition) is 5. The molecule has 0 radical (unpaired) electrons. The van der Waals surface area contributed by atoms with E-state index in [1.54, 1.807) is 26.6 Å². The summed E-state index contributed by atoms with van der Waals surface area (Å²) >= 11 is 5.94. The third kappa shape index (κ3) is 2.04. The van der Waals surface area contributed by atoms with Gasteiger partial charge in [0.1, 0.15) is 22.7 Å². The molecule has 1 N–H and O–H groups in total. The number of benzene rings is 1. The minimum absolute atomic E-state index is 0.137. The molecule has 6 nitrogen and oxygen atoms in total. The summed E-state index contributed by atoms with van der Waals surface area (Å²) in [5.74, 6) is 1.33. The van der Waals surface area contributed by atoms with Gasteiger partial charge in [0.05, 0.1) is 20.5 Å². The monoisotopic (exact) mass is 290 g/mol. The summed E-state index contributed by atoms with van der Waals surface area (Å²) in [6, 6.07) is 5.47. The van der Waals surface area contributed by atoms with Crippen LogP contribution in [0, 0.1) is 0 Å². The molecule has 20 heavy (non-hydrogen) atoms. The van der Waals surface area contributed by atoms with E-state index in [9.17, 15) is 0 Å². The number of imidazole rings is 1. The molecular formula is C13H11ClN4O2. The van der Waals surface area contributed by atoms with Crippen molar-refractivity contribution in [1.82, 2.24) is 19.9 Å². The van der Waals surface area contributed by atoms with Gasteiger partial charge < -0.3 is 14.5 Å². The lowest BCUT2D eigenvalue weighted by Crippen LogP contribution is -1.95. The minimum atomic E-state index is 0.137. The summed E-state index contributed by atoms with van der Waals surface area (Å²) in [6.07, 6.45) is 1.55. The van der Waals surface area contributed by atoms with Gasteiger partial charge in [0.2, 0.25) is 5.28 Å². The number of H-pyrrole nitrogens is 1. The zero-order valence-electron chi connectivity index (χ0n) is 10.8. The number of aromatic nitrogens is 4. The number of fused-ring (bicyclic) bond motifs is 1. The number of nitrogens with one attached hydrogen (secondary N) is 1. The van der Waals surface area contributed by atoms with Gasteiger partial charge in [0, 0.05) is 11.6 Å². The molecule has 0 fully saturated rings. The topological polar surface area (TPSA) is 72.9 Å². The van der Waals surface area contributed by atoms with Crippen LogP contribution in [0.15, 0.2) is 24.5 Å². The summed E-state index contributed by atoms with van der Waals surface area (Å²) in [5.41, 5.74) is 2.64. The van der Waals surface area contributed by atoms with E-state index < -0.39 is 0 Å². The number of rotatable bonds is 3. The maximum Gasteiger partial charge on any atom is 0.225 e. The van der Waals surface area contributed by atoms with Crippen LogP contribution in [0.3, 0.4) is 0 Å². The summed E-state index contributed by atoms with van der Waals surface area (Å²) in [7, 11) is 3.19. The van der Waals surface area contributed by atoms with E-state index in [1.807, 2.05) is 12.1 Å². The maximum atomic E-state index is 5.94. The van der Waals surface area contributed by atoms with Crippen molar-refractivity contribution in [2.45, 2.75) is 0 Å². The Morgan fingerprint density at radius 3 is 2.75 bits per heavy atom. The zero-order valence-corrected chi connectivity index (χ0v) is 11.6. The van der Waals surface area contributed by atoms with Gasteiger partial charge in [-0.05, 0) is 23.7 Å². The van der Waals surface area contributed by atoms with E-state index >= 15 is 0 Å². The lowest BCUT2D eigenvalue weighted by Gasteiger charge is -2.10. The number of ether oxygens (including phenoxy) is 2. The molecule has 0 atom stereocenters. The van der Waals surface area contributed by atoms with Crippen LogP contribution in [0.25, 0.3) is 22.4 Å². The fraction of sp³-hybridized carbons (Fsp3) is 0.154. The molecule has 0 unspecified atom stereocenters. The first-order valence-corrected chi connectivity index (χ1v) is 6.19. The Kier molecular flexibility index (Phi) is 3.15. The number of hydrogen-bond donors (Lipinski definition) is 1. The molecular weight excluding hydrogens is 280 g/mol. The van der Waals surface area contributed by atoms with Crippen molar-refractivity contribution in [2.75, 3.05) is 14.2 Å². The third-order valence-corrected chi connectivity index (χ3v) is 3.09. The van der Waals surface area contributed by atoms with E-state index in [4.69, 9.17) is 21.1 Å². The number of halogens is 1. The van der Waals surface area contributed by atoms with Gasteiger partial charge in [-0.15, -0.1) is 0 Å². The van der Waals surface area contributed by atoms with Gasteiger partial charge in [-0.3, -0.25) is 0 Å². The zero-order chi connectivity index (χ0) is 14.1. The maximum absolute atomic E-state index is 5.94. The third-order valence-electron chi connectivity index (χ3n) is 2.92. The highest BCUT2D eigenvalue weighted by Crippen LogP contribution is 2.35. The van der Waals surface area contributed by atoms with Crippen LogP contribution in [0.1, 0.15) is 0 Å². The largest absolute Gasteiger partial charge is 0.497 e. The quantitative estimate of drug-likeness (QED) is 0.751. The molecule has 0 aliphatic rings. The fourth-order valence-corrected chi connectivity index (χ4v) is 2.16. The molecule has 2 heterocycles. The minimum Gasteiger partial charge on any atom is -0.497 e. The SMILES string of the molecule is COc1ccc(-c2nc(Cl)nc3nc[nH]c23)c(OC)c1. The number of methoxy groups -OCH3 is 2. The van der Waals surface area contributed by atoms with Crippen molar-refractivity contribution in [1.29, 1.82) is 0 Å². The molecule has 0 aliphatic heterocycles. The average molecular weight is 291 g/mol. The van der Waals surface area contributed by atoms with Crippen molar-refractivity contribution in [3.05, 3.63) is 29.8 Å². The van der Waals surface area contributed by atoms with Gasteiger partial charge in [-0.2, -0.15) is 4.98 Å². The fourth-order valence-electron chi connectivity index (χ4n) is 2.00. The van der Waals surface area contributed by atoms with Gasteiger partial charge in [-0.25, -0.2) is 9.97 Å². The number of aromatic amines is 1. The summed E-state index contributed by atoms with van der Waals surface area (Å²) in [6.45, 7) is 0. The normalized spacial score (nSPS) is 10.8. The Bertz CT molecular complexity index is 772. The first-order valence-electron chi connectivity index (χ1n) is 5.82. The second-order valence-electron chi connectivity index (χ2n) is 4.01. The average Bonchev–Trinajstić information content (AvgIpc) is 2.93. The number of nitrogens with zero attached hydrogens (tertiary/aromatic N) is 3. The highest BCUT2D eigenvalue weighted by atomic mass is 35.5. The van der Waals surface area contributed by atoms with E-state index in [0.29, 0.717) is 28.4 Å². The summed E-state index contributed by atoms with van der Waals surface area (Å²) in [5, 5.41) is 0.137. The van der Waals surface area contributed by atoms with Crippen LogP contribution in [0.5, 0.6) is 11.5 Å². The van der Waals surface area contributed by atoms with Gasteiger partial charge in [0.15, 0.2) is 5.65 Å². The molecule has 0 spiro atoms. The Morgan fingerprint density at radius 1 is 1.15 bits per heavy atom. The molecule has 0 saturated heterocycles. The standard InChI is InChI=1S/C13H11ClN4O2/c1-19-7-3-4-8(9(5-7)20-2)10-11-12(16-6-15-11)18-13(14)17-10/h3-6H,1-2H3,(H,15,16,17,18). The highest BCUT2D eigenvalue weighted by molar-refractivity contribution is 6.28. The van der Waals surface area contributed by atoms with Crippen LogP contribution in [0.2, 0.25) is 5.28 Å². The molecule has 7 heteroatoms. The van der Waals surface area contributed by atoms with Crippen LogP contribution >= 0.6 is 11.6 Å². The second-order valence-corrected chi connectivity index (χ2v) is 4.35. The van der Waals surface area contributed by atoms with Crippen molar-refractivity contribution in [3.8, 4) is 22.8 Å². The van der Waals surface area contributed by atoms with Gasteiger partial charge in [0.25, 0.3) is 0 Å². The van der Waals surface area contributed by atoms with Crippen molar-refractivity contribution >= 4 is 22.8 Å². The van der Waals surface area contributed by atoms with Crippen LogP contribution in [-0.2, 0) is 0 Å². The predicted octanol–water partition coefficient (Wildman–Crippen LogP) is 2.69. The molecule has 0 amide bonds. The highest BCUT2D eigenvalue weighted by Gasteiger charge is 2.15. The van der Waals surface area contributed by atoms with E-state index in [-0.39, 0.29) is 5.28 Å².